The van der Waals surface area contributed by atoms with Gasteiger partial charge in [0.25, 0.3) is 0 Å². The Hall–Kier alpha value is -0.830. The smallest absolute Gasteiger partial charge is 0.0406 e. The number of nitrogens with one attached hydrogen (secondary N) is 1. The fraction of sp³-hybridized carbons (Fsp3) is 0.333. The highest BCUT2D eigenvalue weighted by molar-refractivity contribution is 9.10. The fourth-order valence-electron chi connectivity index (χ4n) is 2.99. The molecule has 0 aliphatic heterocycles. The van der Waals surface area contributed by atoms with Crippen molar-refractivity contribution in [3.63, 3.8) is 0 Å². The molecule has 0 aromatic heterocycles. The van der Waals surface area contributed by atoms with Crippen LogP contribution >= 0.6 is 27.5 Å². The molecule has 1 N–H and O–H groups in total. The molecule has 1 aliphatic rings. The van der Waals surface area contributed by atoms with Gasteiger partial charge in [-0.05, 0) is 61.1 Å². The highest BCUT2D eigenvalue weighted by Crippen LogP contribution is 2.38. The molecule has 1 aliphatic carbocycles. The zero-order valence-corrected chi connectivity index (χ0v) is 14.4. The third-order valence-electron chi connectivity index (χ3n) is 4.31. The normalized spacial score (nSPS) is 22.6. The van der Waals surface area contributed by atoms with Crippen LogP contribution in [-0.2, 0) is 0 Å². The van der Waals surface area contributed by atoms with E-state index in [1.165, 1.54) is 24.0 Å². The van der Waals surface area contributed by atoms with Crippen molar-refractivity contribution in [2.45, 2.75) is 37.8 Å². The predicted molar refractivity (Wildman–Crippen MR) is 92.9 cm³/mol. The van der Waals surface area contributed by atoms with Gasteiger partial charge in [-0.25, -0.2) is 0 Å². The standard InChI is InChI=1S/C18H19BrClN/c1-12(14-3-2-4-16(19)9-14)21-18-10-15(11-18)13-5-7-17(20)8-6-13/h2-9,12,15,18,21H,10-11H2,1H3/t12-,15?,18?/m0/s1. The minimum atomic E-state index is 0.388. The molecule has 2 aromatic rings. The number of hydrogen-bond acceptors (Lipinski definition) is 1. The zero-order valence-electron chi connectivity index (χ0n) is 12.0. The average molecular weight is 365 g/mol. The largest absolute Gasteiger partial charge is 0.307 e. The van der Waals surface area contributed by atoms with Crippen LogP contribution in [0.3, 0.4) is 0 Å². The SMILES string of the molecule is C[C@H](NC1CC(c2ccc(Cl)cc2)C1)c1cccc(Br)c1. The molecule has 0 spiro atoms. The van der Waals surface area contributed by atoms with E-state index in [-0.39, 0.29) is 0 Å². The summed E-state index contributed by atoms with van der Waals surface area (Å²) in [5.74, 6) is 0.675. The molecule has 0 heterocycles. The summed E-state index contributed by atoms with van der Waals surface area (Å²) in [5.41, 5.74) is 2.74. The second kappa shape index (κ2) is 6.51. The van der Waals surface area contributed by atoms with Gasteiger partial charge >= 0.3 is 0 Å². The van der Waals surface area contributed by atoms with Gasteiger partial charge in [0.15, 0.2) is 0 Å². The average Bonchev–Trinajstić information content (AvgIpc) is 2.43. The Morgan fingerprint density at radius 2 is 1.86 bits per heavy atom. The molecule has 0 bridgehead atoms. The first kappa shape index (κ1) is 15.1. The first-order valence-electron chi connectivity index (χ1n) is 7.39. The second-order valence-electron chi connectivity index (χ2n) is 5.86. The third-order valence-corrected chi connectivity index (χ3v) is 5.06. The van der Waals surface area contributed by atoms with Gasteiger partial charge < -0.3 is 5.32 Å². The van der Waals surface area contributed by atoms with Crippen molar-refractivity contribution in [3.05, 3.63) is 69.2 Å². The van der Waals surface area contributed by atoms with Gasteiger partial charge in [-0.3, -0.25) is 0 Å². The van der Waals surface area contributed by atoms with E-state index < -0.39 is 0 Å². The quantitative estimate of drug-likeness (QED) is 0.734. The van der Waals surface area contributed by atoms with Gasteiger partial charge in [0.2, 0.25) is 0 Å². The summed E-state index contributed by atoms with van der Waals surface area (Å²) < 4.78 is 1.14. The van der Waals surface area contributed by atoms with Crippen LogP contribution in [0.4, 0.5) is 0 Å². The molecule has 0 unspecified atom stereocenters. The predicted octanol–water partition coefficient (Wildman–Crippen LogP) is 5.70. The molecule has 3 heteroatoms. The Balaban J connectivity index is 1.54. The summed E-state index contributed by atoms with van der Waals surface area (Å²) >= 11 is 9.47. The fourth-order valence-corrected chi connectivity index (χ4v) is 3.53. The summed E-state index contributed by atoms with van der Waals surface area (Å²) in [6.45, 7) is 2.23. The van der Waals surface area contributed by atoms with Crippen molar-refractivity contribution >= 4 is 27.5 Å². The van der Waals surface area contributed by atoms with Crippen molar-refractivity contribution in [2.24, 2.45) is 0 Å². The van der Waals surface area contributed by atoms with Crippen molar-refractivity contribution < 1.29 is 0 Å². The monoisotopic (exact) mass is 363 g/mol. The molecule has 1 saturated carbocycles. The maximum absolute atomic E-state index is 5.94. The minimum absolute atomic E-state index is 0.388. The van der Waals surface area contributed by atoms with E-state index in [2.05, 4.69) is 64.6 Å². The van der Waals surface area contributed by atoms with Gasteiger partial charge in [0.05, 0.1) is 0 Å². The molecule has 1 nitrogen and oxygen atoms in total. The highest BCUT2D eigenvalue weighted by Gasteiger charge is 2.31. The third kappa shape index (κ3) is 3.68. The lowest BCUT2D eigenvalue weighted by atomic mass is 9.75. The summed E-state index contributed by atoms with van der Waals surface area (Å²) in [6, 6.07) is 17.8. The topological polar surface area (TPSA) is 12.0 Å². The lowest BCUT2D eigenvalue weighted by molar-refractivity contribution is 0.271. The summed E-state index contributed by atoms with van der Waals surface area (Å²) in [5, 5.41) is 4.54. The van der Waals surface area contributed by atoms with Crippen LogP contribution in [0.2, 0.25) is 5.02 Å². The summed E-state index contributed by atoms with van der Waals surface area (Å²) in [4.78, 5) is 0. The number of hydrogen-bond donors (Lipinski definition) is 1. The van der Waals surface area contributed by atoms with Crippen LogP contribution in [0.5, 0.6) is 0 Å². The molecule has 110 valence electrons. The van der Waals surface area contributed by atoms with Crippen LogP contribution < -0.4 is 5.32 Å². The van der Waals surface area contributed by atoms with Gasteiger partial charge in [-0.15, -0.1) is 0 Å². The molecular weight excluding hydrogens is 346 g/mol. The van der Waals surface area contributed by atoms with Crippen LogP contribution in [0.1, 0.15) is 42.9 Å². The van der Waals surface area contributed by atoms with E-state index in [0.717, 1.165) is 9.50 Å². The Kier molecular flexibility index (Phi) is 4.68. The van der Waals surface area contributed by atoms with E-state index in [0.29, 0.717) is 18.0 Å². The van der Waals surface area contributed by atoms with Gasteiger partial charge in [-0.1, -0.05) is 51.8 Å². The zero-order chi connectivity index (χ0) is 14.8. The lowest BCUT2D eigenvalue weighted by Gasteiger charge is -2.38. The molecule has 3 rings (SSSR count). The Bertz CT molecular complexity index is 605. The molecule has 1 fully saturated rings. The van der Waals surface area contributed by atoms with Gasteiger partial charge in [0.1, 0.15) is 0 Å². The van der Waals surface area contributed by atoms with Crippen molar-refractivity contribution in [1.82, 2.24) is 5.32 Å². The van der Waals surface area contributed by atoms with Gasteiger partial charge in [-0.2, -0.15) is 0 Å². The molecule has 21 heavy (non-hydrogen) atoms. The molecule has 1 atom stereocenters. The first-order chi connectivity index (χ1) is 10.1. The lowest BCUT2D eigenvalue weighted by Crippen LogP contribution is -2.41. The number of rotatable bonds is 4. The van der Waals surface area contributed by atoms with Crippen molar-refractivity contribution in [2.75, 3.05) is 0 Å². The molecule has 0 saturated heterocycles. The van der Waals surface area contributed by atoms with Crippen molar-refractivity contribution in [1.29, 1.82) is 0 Å². The molecular formula is C18H19BrClN. The summed E-state index contributed by atoms with van der Waals surface area (Å²) in [7, 11) is 0. The maximum atomic E-state index is 5.94. The molecule has 2 aromatic carbocycles. The Morgan fingerprint density at radius 3 is 2.52 bits per heavy atom. The Labute approximate surface area is 139 Å². The molecule has 0 radical (unpaired) electrons. The summed E-state index contributed by atoms with van der Waals surface area (Å²) in [6.07, 6.45) is 2.42. The first-order valence-corrected chi connectivity index (χ1v) is 8.56. The maximum Gasteiger partial charge on any atom is 0.0406 e. The van der Waals surface area contributed by atoms with Crippen LogP contribution in [0, 0.1) is 0 Å². The molecule has 0 amide bonds. The Morgan fingerprint density at radius 1 is 1.14 bits per heavy atom. The van der Waals surface area contributed by atoms with Crippen LogP contribution in [0.15, 0.2) is 53.0 Å². The van der Waals surface area contributed by atoms with E-state index in [1.807, 2.05) is 12.1 Å². The number of benzene rings is 2. The number of halogens is 2. The van der Waals surface area contributed by atoms with Crippen LogP contribution in [0.25, 0.3) is 0 Å². The highest BCUT2D eigenvalue weighted by atomic mass is 79.9. The van der Waals surface area contributed by atoms with Crippen molar-refractivity contribution in [3.8, 4) is 0 Å². The van der Waals surface area contributed by atoms with E-state index in [4.69, 9.17) is 11.6 Å². The van der Waals surface area contributed by atoms with E-state index in [9.17, 15) is 0 Å². The second-order valence-corrected chi connectivity index (χ2v) is 7.21. The van der Waals surface area contributed by atoms with E-state index >= 15 is 0 Å². The van der Waals surface area contributed by atoms with Crippen LogP contribution in [-0.4, -0.2) is 6.04 Å². The van der Waals surface area contributed by atoms with Gasteiger partial charge in [0, 0.05) is 21.6 Å². The minimum Gasteiger partial charge on any atom is -0.307 e. The van der Waals surface area contributed by atoms with E-state index in [1.54, 1.807) is 0 Å².